The third-order valence-electron chi connectivity index (χ3n) is 5.18. The van der Waals surface area contributed by atoms with Crippen molar-refractivity contribution in [3.05, 3.63) is 58.6 Å². The smallest absolute Gasteiger partial charge is 0.260 e. The summed E-state index contributed by atoms with van der Waals surface area (Å²) in [6.07, 6.45) is -0.0605. The average molecular weight is 427 g/mol. The molecule has 0 bridgehead atoms. The van der Waals surface area contributed by atoms with Crippen LogP contribution in [0.5, 0.6) is 0 Å². The van der Waals surface area contributed by atoms with Crippen molar-refractivity contribution in [2.75, 3.05) is 10.6 Å². The molecule has 30 heavy (non-hydrogen) atoms. The van der Waals surface area contributed by atoms with Crippen molar-refractivity contribution in [3.8, 4) is 0 Å². The molecule has 0 spiro atoms. The molecule has 2 unspecified atom stereocenters. The zero-order valence-corrected chi connectivity index (χ0v) is 16.8. The number of piperidine rings is 1. The van der Waals surface area contributed by atoms with Gasteiger partial charge in [0.1, 0.15) is 6.04 Å². The lowest BCUT2D eigenvalue weighted by Crippen LogP contribution is -2.60. The Morgan fingerprint density at radius 3 is 2.67 bits per heavy atom. The van der Waals surface area contributed by atoms with E-state index in [-0.39, 0.29) is 24.3 Å². The third kappa shape index (κ3) is 3.61. The number of benzene rings is 2. The van der Waals surface area contributed by atoms with Crippen LogP contribution in [-0.4, -0.2) is 40.7 Å². The maximum absolute atomic E-state index is 13.4. The predicted octanol–water partition coefficient (Wildman–Crippen LogP) is 2.61. The van der Waals surface area contributed by atoms with E-state index in [2.05, 4.69) is 16.0 Å². The lowest BCUT2D eigenvalue weighted by atomic mass is 9.98. The lowest BCUT2D eigenvalue weighted by Gasteiger charge is -2.41. The molecule has 8 nitrogen and oxygen atoms in total. The molecular formula is C21H19ClN4O4. The van der Waals surface area contributed by atoms with Gasteiger partial charge in [0, 0.05) is 17.0 Å². The first-order valence-electron chi connectivity index (χ1n) is 9.48. The fourth-order valence-electron chi connectivity index (χ4n) is 3.79. The Balaban J connectivity index is 1.66. The van der Waals surface area contributed by atoms with Crippen molar-refractivity contribution in [1.82, 2.24) is 10.2 Å². The second-order valence-corrected chi connectivity index (χ2v) is 7.63. The van der Waals surface area contributed by atoms with E-state index in [0.29, 0.717) is 22.0 Å². The number of nitrogens with one attached hydrogen (secondary N) is 3. The molecule has 4 rings (SSSR count). The van der Waals surface area contributed by atoms with E-state index in [1.165, 1.54) is 11.0 Å². The first kappa shape index (κ1) is 19.9. The number of nitrogens with zero attached hydrogens (tertiary/aromatic N) is 1. The Hall–Kier alpha value is -3.39. The van der Waals surface area contributed by atoms with E-state index < -0.39 is 29.9 Å². The van der Waals surface area contributed by atoms with Gasteiger partial charge in [-0.2, -0.15) is 0 Å². The summed E-state index contributed by atoms with van der Waals surface area (Å²) in [5, 5.41) is 8.67. The van der Waals surface area contributed by atoms with Crippen LogP contribution in [-0.2, 0) is 9.59 Å². The van der Waals surface area contributed by atoms with Crippen molar-refractivity contribution in [2.45, 2.75) is 32.0 Å². The van der Waals surface area contributed by atoms with Crippen molar-refractivity contribution in [3.63, 3.8) is 0 Å². The van der Waals surface area contributed by atoms with Crippen molar-refractivity contribution >= 4 is 46.6 Å². The number of carbonyl (C=O) groups is 4. The molecule has 1 saturated heterocycles. The minimum absolute atomic E-state index is 0.160. The number of amides is 4. The first-order valence-corrected chi connectivity index (χ1v) is 9.86. The van der Waals surface area contributed by atoms with Crippen molar-refractivity contribution in [1.29, 1.82) is 0 Å². The molecule has 0 radical (unpaired) electrons. The minimum atomic E-state index is -0.775. The SMILES string of the molecule is CC1Nc2cccc(NC(=O)c3cccc(Cl)c3)c2C(=O)N1C1CCC(=O)NC1=O. The molecule has 2 atom stereocenters. The van der Waals surface area contributed by atoms with Gasteiger partial charge in [-0.3, -0.25) is 24.5 Å². The van der Waals surface area contributed by atoms with Gasteiger partial charge in [-0.25, -0.2) is 0 Å². The monoisotopic (exact) mass is 426 g/mol. The third-order valence-corrected chi connectivity index (χ3v) is 5.41. The zero-order chi connectivity index (χ0) is 21.4. The lowest BCUT2D eigenvalue weighted by molar-refractivity contribution is -0.137. The number of imide groups is 1. The number of halogens is 1. The van der Waals surface area contributed by atoms with Crippen molar-refractivity contribution < 1.29 is 19.2 Å². The van der Waals surface area contributed by atoms with Gasteiger partial charge in [-0.1, -0.05) is 23.7 Å². The molecule has 154 valence electrons. The van der Waals surface area contributed by atoms with Crippen LogP contribution in [0.2, 0.25) is 5.02 Å². The summed E-state index contributed by atoms with van der Waals surface area (Å²) in [5.74, 6) is -1.66. The number of hydrogen-bond acceptors (Lipinski definition) is 5. The topological polar surface area (TPSA) is 108 Å². The van der Waals surface area contributed by atoms with Crippen LogP contribution in [0, 0.1) is 0 Å². The second-order valence-electron chi connectivity index (χ2n) is 7.19. The van der Waals surface area contributed by atoms with Crippen LogP contribution in [0.15, 0.2) is 42.5 Å². The Kier molecular flexibility index (Phi) is 5.17. The van der Waals surface area contributed by atoms with E-state index in [4.69, 9.17) is 11.6 Å². The Bertz CT molecular complexity index is 1070. The molecule has 0 aliphatic carbocycles. The first-order chi connectivity index (χ1) is 14.3. The quantitative estimate of drug-likeness (QED) is 0.654. The standard InChI is InChI=1S/C21H19ClN4O4/c1-11-23-14-6-3-7-15(24-19(28)12-4-2-5-13(22)10-12)18(14)21(30)26(11)16-8-9-17(27)25-20(16)29/h2-7,10-11,16,23H,8-9H2,1H3,(H,24,28)(H,25,27,29). The molecule has 4 amide bonds. The zero-order valence-electron chi connectivity index (χ0n) is 16.1. The summed E-state index contributed by atoms with van der Waals surface area (Å²) in [7, 11) is 0. The Labute approximate surface area is 177 Å². The van der Waals surface area contributed by atoms with Crippen LogP contribution < -0.4 is 16.0 Å². The van der Waals surface area contributed by atoms with Crippen LogP contribution >= 0.6 is 11.6 Å². The highest BCUT2D eigenvalue weighted by atomic mass is 35.5. The Morgan fingerprint density at radius 1 is 1.17 bits per heavy atom. The van der Waals surface area contributed by atoms with E-state index in [9.17, 15) is 19.2 Å². The summed E-state index contributed by atoms with van der Waals surface area (Å²) >= 11 is 5.96. The van der Waals surface area contributed by atoms with Gasteiger partial charge < -0.3 is 15.5 Å². The van der Waals surface area contributed by atoms with Crippen LogP contribution in [0.3, 0.4) is 0 Å². The van der Waals surface area contributed by atoms with E-state index >= 15 is 0 Å². The molecule has 1 fully saturated rings. The van der Waals surface area contributed by atoms with Crippen LogP contribution in [0.1, 0.15) is 40.5 Å². The summed E-state index contributed by atoms with van der Waals surface area (Å²) < 4.78 is 0. The predicted molar refractivity (Wildman–Crippen MR) is 111 cm³/mol. The molecule has 9 heteroatoms. The van der Waals surface area contributed by atoms with Gasteiger partial charge in [-0.15, -0.1) is 0 Å². The second kappa shape index (κ2) is 7.79. The number of fused-ring (bicyclic) bond motifs is 1. The molecule has 2 heterocycles. The normalized spacial score (nSPS) is 20.9. The molecule has 0 aromatic heterocycles. The molecule has 2 aliphatic heterocycles. The molecule has 2 aromatic carbocycles. The fraction of sp³-hybridized carbons (Fsp3) is 0.238. The van der Waals surface area contributed by atoms with Gasteiger partial charge in [-0.05, 0) is 43.7 Å². The van der Waals surface area contributed by atoms with Crippen LogP contribution in [0.25, 0.3) is 0 Å². The Morgan fingerprint density at radius 2 is 1.93 bits per heavy atom. The summed E-state index contributed by atoms with van der Waals surface area (Å²) in [6, 6.07) is 10.8. The van der Waals surface area contributed by atoms with E-state index in [0.717, 1.165) is 0 Å². The minimum Gasteiger partial charge on any atom is -0.365 e. The van der Waals surface area contributed by atoms with Crippen LogP contribution in [0.4, 0.5) is 11.4 Å². The fourth-order valence-corrected chi connectivity index (χ4v) is 3.98. The summed E-state index contributed by atoms with van der Waals surface area (Å²) in [4.78, 5) is 51.3. The summed E-state index contributed by atoms with van der Waals surface area (Å²) in [5.41, 5.74) is 1.49. The molecule has 3 N–H and O–H groups in total. The maximum atomic E-state index is 13.4. The van der Waals surface area contributed by atoms with Gasteiger partial charge in [0.25, 0.3) is 11.8 Å². The molecule has 2 aliphatic rings. The van der Waals surface area contributed by atoms with Gasteiger partial charge >= 0.3 is 0 Å². The average Bonchev–Trinajstić information content (AvgIpc) is 2.69. The summed E-state index contributed by atoms with van der Waals surface area (Å²) in [6.45, 7) is 1.77. The largest absolute Gasteiger partial charge is 0.365 e. The maximum Gasteiger partial charge on any atom is 0.260 e. The highest BCUT2D eigenvalue weighted by molar-refractivity contribution is 6.31. The molecular weight excluding hydrogens is 408 g/mol. The molecule has 2 aromatic rings. The van der Waals surface area contributed by atoms with Crippen molar-refractivity contribution in [2.24, 2.45) is 0 Å². The number of hydrogen-bond donors (Lipinski definition) is 3. The van der Waals surface area contributed by atoms with Gasteiger partial charge in [0.15, 0.2) is 0 Å². The number of rotatable bonds is 3. The van der Waals surface area contributed by atoms with Gasteiger partial charge in [0.2, 0.25) is 11.8 Å². The number of anilines is 2. The highest BCUT2D eigenvalue weighted by Gasteiger charge is 2.41. The van der Waals surface area contributed by atoms with E-state index in [1.54, 1.807) is 43.3 Å². The number of carbonyl (C=O) groups excluding carboxylic acids is 4. The highest BCUT2D eigenvalue weighted by Crippen LogP contribution is 2.33. The van der Waals surface area contributed by atoms with Gasteiger partial charge in [0.05, 0.1) is 23.1 Å². The van der Waals surface area contributed by atoms with E-state index in [1.807, 2.05) is 0 Å². The molecule has 0 saturated carbocycles.